The van der Waals surface area contributed by atoms with Gasteiger partial charge in [0.05, 0.1) is 21.8 Å². The van der Waals surface area contributed by atoms with Crippen LogP contribution in [0.5, 0.6) is 5.75 Å². The van der Waals surface area contributed by atoms with Gasteiger partial charge in [-0.3, -0.25) is 9.98 Å². The Kier molecular flexibility index (Phi) is 4.56. The molecule has 25 heavy (non-hydrogen) atoms. The van der Waals surface area contributed by atoms with Crippen LogP contribution in [0.4, 0.5) is 0 Å². The van der Waals surface area contributed by atoms with Crippen molar-refractivity contribution in [3.05, 3.63) is 57.8 Å². The maximum atomic E-state index is 9.92. The first kappa shape index (κ1) is 17.0. The molecular formula is C18H17Cl2N3OS. The molecule has 1 saturated heterocycles. The second-order valence-electron chi connectivity index (χ2n) is 6.17. The fraction of sp³-hybridized carbons (Fsp3) is 0.333. The first-order valence-corrected chi connectivity index (χ1v) is 9.92. The van der Waals surface area contributed by atoms with Gasteiger partial charge in [0.1, 0.15) is 6.04 Å². The first-order valence-electron chi connectivity index (χ1n) is 8.18. The van der Waals surface area contributed by atoms with E-state index in [0.29, 0.717) is 6.04 Å². The zero-order valence-electron chi connectivity index (χ0n) is 13.6. The molecule has 3 heterocycles. The number of hydrogen-bond donors (Lipinski definition) is 1. The maximum Gasteiger partial charge on any atom is 0.160 e. The predicted molar refractivity (Wildman–Crippen MR) is 104 cm³/mol. The molecular weight excluding hydrogens is 377 g/mol. The number of phenols is 1. The quantitative estimate of drug-likeness (QED) is 0.790. The molecule has 1 N–H and O–H groups in total. The van der Waals surface area contributed by atoms with E-state index in [1.807, 2.05) is 18.2 Å². The van der Waals surface area contributed by atoms with E-state index in [1.165, 1.54) is 0 Å². The number of fused-ring (bicyclic) bond motifs is 1. The van der Waals surface area contributed by atoms with Crippen LogP contribution in [0.3, 0.4) is 0 Å². The van der Waals surface area contributed by atoms with E-state index >= 15 is 0 Å². The lowest BCUT2D eigenvalue weighted by atomic mass is 9.95. The molecule has 2 aliphatic rings. The number of amidine groups is 1. The maximum absolute atomic E-state index is 9.92. The molecule has 0 unspecified atom stereocenters. The molecule has 0 spiro atoms. The van der Waals surface area contributed by atoms with Crippen LogP contribution in [0, 0.1) is 0 Å². The molecule has 0 radical (unpaired) electrons. The van der Waals surface area contributed by atoms with Gasteiger partial charge in [0, 0.05) is 18.0 Å². The number of benzene rings is 1. The highest BCUT2D eigenvalue weighted by molar-refractivity contribution is 8.14. The average molecular weight is 394 g/mol. The summed E-state index contributed by atoms with van der Waals surface area (Å²) in [5.41, 5.74) is 1.87. The summed E-state index contributed by atoms with van der Waals surface area (Å²) >= 11 is 14.2. The van der Waals surface area contributed by atoms with Gasteiger partial charge in [-0.05, 0) is 36.2 Å². The fourth-order valence-electron chi connectivity index (χ4n) is 3.47. The minimum absolute atomic E-state index is 0.0274. The molecule has 0 bridgehead atoms. The monoisotopic (exact) mass is 393 g/mol. The highest BCUT2D eigenvalue weighted by Gasteiger charge is 2.45. The van der Waals surface area contributed by atoms with Crippen LogP contribution >= 0.6 is 35.0 Å². The van der Waals surface area contributed by atoms with Crippen molar-refractivity contribution in [1.29, 1.82) is 0 Å². The van der Waals surface area contributed by atoms with Crippen molar-refractivity contribution in [2.24, 2.45) is 4.99 Å². The molecule has 2 aliphatic heterocycles. The number of rotatable bonds is 3. The molecule has 0 saturated carbocycles. The number of aliphatic imine (C=N–C) groups is 1. The average Bonchev–Trinajstić information content (AvgIpc) is 3.18. The summed E-state index contributed by atoms with van der Waals surface area (Å²) in [5, 5.41) is 11.5. The number of pyridine rings is 1. The number of aromatic nitrogens is 1. The van der Waals surface area contributed by atoms with Crippen molar-refractivity contribution in [2.75, 3.05) is 5.75 Å². The zero-order chi connectivity index (χ0) is 17.6. The van der Waals surface area contributed by atoms with Crippen LogP contribution in [0.1, 0.15) is 36.7 Å². The fourth-order valence-corrected chi connectivity index (χ4v) is 5.31. The Bertz CT molecular complexity index is 807. The third-order valence-electron chi connectivity index (χ3n) is 4.71. The van der Waals surface area contributed by atoms with Crippen LogP contribution in [0.2, 0.25) is 10.0 Å². The minimum atomic E-state index is -0.116. The topological polar surface area (TPSA) is 48.7 Å². The zero-order valence-corrected chi connectivity index (χ0v) is 15.9. The summed E-state index contributed by atoms with van der Waals surface area (Å²) in [6.45, 7) is 2.19. The van der Waals surface area contributed by atoms with Crippen molar-refractivity contribution in [2.45, 2.75) is 31.5 Å². The van der Waals surface area contributed by atoms with Crippen molar-refractivity contribution < 1.29 is 5.11 Å². The summed E-state index contributed by atoms with van der Waals surface area (Å²) in [6.07, 6.45) is 2.83. The van der Waals surface area contributed by atoms with Gasteiger partial charge in [-0.25, -0.2) is 0 Å². The molecule has 1 aromatic carbocycles. The minimum Gasteiger partial charge on any atom is -0.505 e. The Morgan fingerprint density at radius 2 is 2.04 bits per heavy atom. The third kappa shape index (κ3) is 2.88. The van der Waals surface area contributed by atoms with E-state index in [-0.39, 0.29) is 27.9 Å². The summed E-state index contributed by atoms with van der Waals surface area (Å²) in [7, 11) is 0. The summed E-state index contributed by atoms with van der Waals surface area (Å²) < 4.78 is 0. The Morgan fingerprint density at radius 1 is 1.28 bits per heavy atom. The third-order valence-corrected chi connectivity index (χ3v) is 6.41. The highest BCUT2D eigenvalue weighted by Crippen LogP contribution is 2.50. The number of phenolic OH excluding ortho intramolecular Hbond substituents is 1. The molecule has 1 aromatic heterocycles. The normalized spacial score (nSPS) is 25.2. The molecule has 2 aromatic rings. The molecule has 3 atom stereocenters. The number of aromatic hydroxyl groups is 1. The lowest BCUT2D eigenvalue weighted by molar-refractivity contribution is 0.255. The van der Waals surface area contributed by atoms with Crippen molar-refractivity contribution in [3.8, 4) is 5.75 Å². The van der Waals surface area contributed by atoms with Gasteiger partial charge < -0.3 is 10.0 Å². The number of nitrogens with zero attached hydrogens (tertiary/aromatic N) is 3. The van der Waals surface area contributed by atoms with Crippen LogP contribution < -0.4 is 0 Å². The van der Waals surface area contributed by atoms with Crippen LogP contribution in [-0.4, -0.2) is 32.0 Å². The van der Waals surface area contributed by atoms with Gasteiger partial charge in [-0.2, -0.15) is 0 Å². The Morgan fingerprint density at radius 3 is 2.68 bits per heavy atom. The van der Waals surface area contributed by atoms with Crippen LogP contribution in [0.15, 0.2) is 41.5 Å². The molecule has 130 valence electrons. The van der Waals surface area contributed by atoms with E-state index in [1.54, 1.807) is 30.1 Å². The van der Waals surface area contributed by atoms with E-state index in [0.717, 1.165) is 28.6 Å². The van der Waals surface area contributed by atoms with Gasteiger partial charge in [0.2, 0.25) is 0 Å². The summed E-state index contributed by atoms with van der Waals surface area (Å²) in [6, 6.07) is 9.72. The van der Waals surface area contributed by atoms with E-state index in [9.17, 15) is 5.11 Å². The standard InChI is InChI=1S/C18H17Cl2N3OS/c1-2-11-9-25-18-22-15(14-5-3-4-6-21-14)16(23(11)18)10-7-12(19)17(24)13(20)8-10/h3-8,11,15-16,24H,2,9H2,1H3/t11-,15+,16-/m1/s1. The molecule has 4 rings (SSSR count). The SMILES string of the molecule is CC[C@@H]1CSC2=N[C@@H](c3ccccn3)[C@@H](c3cc(Cl)c(O)c(Cl)c3)N21. The number of halogens is 2. The van der Waals surface area contributed by atoms with Gasteiger partial charge >= 0.3 is 0 Å². The van der Waals surface area contributed by atoms with Gasteiger partial charge in [-0.15, -0.1) is 0 Å². The highest BCUT2D eigenvalue weighted by atomic mass is 35.5. The lowest BCUT2D eigenvalue weighted by Crippen LogP contribution is -2.35. The van der Waals surface area contributed by atoms with Crippen LogP contribution in [-0.2, 0) is 0 Å². The Hall–Kier alpha value is -1.43. The van der Waals surface area contributed by atoms with Gasteiger partial charge in [-0.1, -0.05) is 48.0 Å². The smallest absolute Gasteiger partial charge is 0.160 e. The second kappa shape index (κ2) is 6.71. The summed E-state index contributed by atoms with van der Waals surface area (Å²) in [4.78, 5) is 11.8. The largest absolute Gasteiger partial charge is 0.505 e. The Balaban J connectivity index is 1.83. The van der Waals surface area contributed by atoms with E-state index in [2.05, 4.69) is 16.8 Å². The van der Waals surface area contributed by atoms with Gasteiger partial charge in [0.25, 0.3) is 0 Å². The predicted octanol–water partition coefficient (Wildman–Crippen LogP) is 5.07. The second-order valence-corrected chi connectivity index (χ2v) is 7.97. The molecule has 1 fully saturated rings. The number of hydrogen-bond acceptors (Lipinski definition) is 5. The lowest BCUT2D eigenvalue weighted by Gasteiger charge is -2.32. The van der Waals surface area contributed by atoms with E-state index < -0.39 is 0 Å². The van der Waals surface area contributed by atoms with Crippen LogP contribution in [0.25, 0.3) is 0 Å². The molecule has 0 amide bonds. The van der Waals surface area contributed by atoms with Crippen molar-refractivity contribution in [1.82, 2.24) is 9.88 Å². The van der Waals surface area contributed by atoms with E-state index in [4.69, 9.17) is 28.2 Å². The summed E-state index contributed by atoms with van der Waals surface area (Å²) in [5.74, 6) is 0.948. The number of thioether (sulfide) groups is 1. The molecule has 7 heteroatoms. The molecule has 4 nitrogen and oxygen atoms in total. The van der Waals surface area contributed by atoms with Crippen molar-refractivity contribution in [3.63, 3.8) is 0 Å². The van der Waals surface area contributed by atoms with Gasteiger partial charge in [0.15, 0.2) is 10.9 Å². The first-order chi connectivity index (χ1) is 12.1. The Labute approximate surface area is 160 Å². The molecule has 0 aliphatic carbocycles. The van der Waals surface area contributed by atoms with Crippen molar-refractivity contribution >= 4 is 40.1 Å².